The molecule has 0 aromatic rings. The molecule has 0 amide bonds. The van der Waals surface area contributed by atoms with E-state index in [9.17, 15) is 4.79 Å². The summed E-state index contributed by atoms with van der Waals surface area (Å²) in [6.07, 6.45) is 4.75. The maximum Gasteiger partial charge on any atom is 0.312 e. The number of carbonyl (C=O) groups is 1. The lowest BCUT2D eigenvalue weighted by molar-refractivity contribution is -0.191. The van der Waals surface area contributed by atoms with Gasteiger partial charge in [0.2, 0.25) is 6.29 Å². The van der Waals surface area contributed by atoms with Gasteiger partial charge in [-0.05, 0) is 32.2 Å². The van der Waals surface area contributed by atoms with Gasteiger partial charge in [-0.2, -0.15) is 0 Å². The average Bonchev–Trinajstić information content (AvgIpc) is 2.31. The Morgan fingerprint density at radius 1 is 1.27 bits per heavy atom. The minimum Gasteiger partial charge on any atom is -0.436 e. The topological polar surface area (TPSA) is 47.6 Å². The highest BCUT2D eigenvalue weighted by atomic mass is 16.7. The van der Waals surface area contributed by atoms with E-state index in [1.807, 2.05) is 0 Å². The number of esters is 1. The van der Waals surface area contributed by atoms with E-state index < -0.39 is 0 Å². The number of rotatable bonds is 2. The highest BCUT2D eigenvalue weighted by Gasteiger charge is 2.26. The van der Waals surface area contributed by atoms with Gasteiger partial charge in [0, 0.05) is 13.0 Å². The lowest BCUT2D eigenvalue weighted by Gasteiger charge is -2.26. The minimum atomic E-state index is -0.284. The van der Waals surface area contributed by atoms with Gasteiger partial charge in [-0.1, -0.05) is 0 Å². The van der Waals surface area contributed by atoms with Crippen LogP contribution < -0.4 is 5.32 Å². The van der Waals surface area contributed by atoms with Gasteiger partial charge >= 0.3 is 5.97 Å². The largest absolute Gasteiger partial charge is 0.436 e. The molecule has 4 heteroatoms. The smallest absolute Gasteiger partial charge is 0.312 e. The summed E-state index contributed by atoms with van der Waals surface area (Å²) < 4.78 is 10.7. The highest BCUT2D eigenvalue weighted by molar-refractivity contribution is 5.72. The maximum atomic E-state index is 11.7. The number of nitrogens with one attached hydrogen (secondary N) is 1. The van der Waals surface area contributed by atoms with Crippen molar-refractivity contribution < 1.29 is 14.3 Å². The van der Waals surface area contributed by atoms with Crippen molar-refractivity contribution in [1.29, 1.82) is 0 Å². The quantitative estimate of drug-likeness (QED) is 0.697. The van der Waals surface area contributed by atoms with E-state index in [0.717, 1.165) is 51.8 Å². The van der Waals surface area contributed by atoms with E-state index in [1.54, 1.807) is 0 Å². The number of hydrogen-bond donors (Lipinski definition) is 1. The molecule has 2 aliphatic rings. The molecule has 86 valence electrons. The predicted molar refractivity (Wildman–Crippen MR) is 55.3 cm³/mol. The third-order valence-corrected chi connectivity index (χ3v) is 3.02. The average molecular weight is 213 g/mol. The van der Waals surface area contributed by atoms with Crippen molar-refractivity contribution in [3.8, 4) is 0 Å². The molecule has 2 rings (SSSR count). The fourth-order valence-electron chi connectivity index (χ4n) is 2.08. The second kappa shape index (κ2) is 5.47. The van der Waals surface area contributed by atoms with E-state index in [1.165, 1.54) is 0 Å². The van der Waals surface area contributed by atoms with Gasteiger partial charge in [0.1, 0.15) is 0 Å². The first kappa shape index (κ1) is 10.9. The Kier molecular flexibility index (Phi) is 3.97. The molecule has 0 bridgehead atoms. The Balaban J connectivity index is 1.74. The molecule has 0 spiro atoms. The Labute approximate surface area is 90.3 Å². The van der Waals surface area contributed by atoms with Crippen LogP contribution in [0.25, 0.3) is 0 Å². The number of ether oxygens (including phenoxy) is 2. The SMILES string of the molecule is O=C(OC1CCCCO1)C1CCCNC1. The van der Waals surface area contributed by atoms with Crippen LogP contribution in [0.1, 0.15) is 32.1 Å². The van der Waals surface area contributed by atoms with Gasteiger partial charge in [0.25, 0.3) is 0 Å². The standard InChI is InChI=1S/C11H19NO3/c13-11(9-4-3-6-12-8-9)15-10-5-1-2-7-14-10/h9-10,12H,1-8H2. The molecule has 15 heavy (non-hydrogen) atoms. The first-order valence-electron chi connectivity index (χ1n) is 5.89. The van der Waals surface area contributed by atoms with E-state index >= 15 is 0 Å². The predicted octanol–water partition coefficient (Wildman–Crippen LogP) is 1.06. The monoisotopic (exact) mass is 213 g/mol. The van der Waals surface area contributed by atoms with Gasteiger partial charge in [0.15, 0.2) is 0 Å². The van der Waals surface area contributed by atoms with Gasteiger partial charge in [-0.25, -0.2) is 0 Å². The van der Waals surface area contributed by atoms with E-state index in [-0.39, 0.29) is 18.2 Å². The lowest BCUT2D eigenvalue weighted by atomic mass is 10.00. The Bertz CT molecular complexity index is 208. The zero-order valence-electron chi connectivity index (χ0n) is 9.04. The van der Waals surface area contributed by atoms with Crippen molar-refractivity contribution in [3.05, 3.63) is 0 Å². The summed E-state index contributed by atoms with van der Waals surface area (Å²) in [5.74, 6) is -0.0571. The summed E-state index contributed by atoms with van der Waals surface area (Å²) in [6, 6.07) is 0. The minimum absolute atomic E-state index is 0.0317. The first-order valence-corrected chi connectivity index (χ1v) is 5.89. The third kappa shape index (κ3) is 3.18. The van der Waals surface area contributed by atoms with Crippen LogP contribution in [0, 0.1) is 5.92 Å². The zero-order chi connectivity index (χ0) is 10.5. The van der Waals surface area contributed by atoms with Crippen LogP contribution in [-0.4, -0.2) is 32.0 Å². The molecule has 0 aliphatic carbocycles. The molecule has 2 saturated heterocycles. The summed E-state index contributed by atoms with van der Waals surface area (Å²) >= 11 is 0. The molecule has 4 nitrogen and oxygen atoms in total. The van der Waals surface area contributed by atoms with Gasteiger partial charge in [-0.3, -0.25) is 4.79 Å². The molecule has 2 atom stereocenters. The van der Waals surface area contributed by atoms with Crippen molar-refractivity contribution >= 4 is 5.97 Å². The molecular weight excluding hydrogens is 194 g/mol. The molecule has 0 saturated carbocycles. The zero-order valence-corrected chi connectivity index (χ0v) is 9.04. The Morgan fingerprint density at radius 3 is 2.87 bits per heavy atom. The van der Waals surface area contributed by atoms with Crippen LogP contribution in [0.15, 0.2) is 0 Å². The number of hydrogen-bond acceptors (Lipinski definition) is 4. The Hall–Kier alpha value is -0.610. The summed E-state index contributed by atoms with van der Waals surface area (Å²) in [4.78, 5) is 11.7. The van der Waals surface area contributed by atoms with Crippen molar-refractivity contribution in [3.63, 3.8) is 0 Å². The van der Waals surface area contributed by atoms with Gasteiger partial charge in [-0.15, -0.1) is 0 Å². The molecule has 0 aromatic heterocycles. The molecule has 0 radical (unpaired) electrons. The molecule has 2 aliphatic heterocycles. The van der Waals surface area contributed by atoms with Crippen molar-refractivity contribution in [2.24, 2.45) is 5.92 Å². The summed E-state index contributed by atoms with van der Waals surface area (Å²) in [5, 5.41) is 3.21. The molecular formula is C11H19NO3. The summed E-state index contributed by atoms with van der Waals surface area (Å²) in [6.45, 7) is 2.50. The fraction of sp³-hybridized carbons (Fsp3) is 0.909. The summed E-state index contributed by atoms with van der Waals surface area (Å²) in [7, 11) is 0. The van der Waals surface area contributed by atoms with Crippen LogP contribution in [0.4, 0.5) is 0 Å². The van der Waals surface area contributed by atoms with Crippen LogP contribution in [0.5, 0.6) is 0 Å². The van der Waals surface area contributed by atoms with Crippen molar-refractivity contribution in [2.45, 2.75) is 38.4 Å². The van der Waals surface area contributed by atoms with Gasteiger partial charge < -0.3 is 14.8 Å². The maximum absolute atomic E-state index is 11.7. The van der Waals surface area contributed by atoms with Crippen LogP contribution >= 0.6 is 0 Å². The molecule has 1 N–H and O–H groups in total. The molecule has 0 aromatic carbocycles. The Morgan fingerprint density at radius 2 is 2.20 bits per heavy atom. The van der Waals surface area contributed by atoms with Crippen molar-refractivity contribution in [2.75, 3.05) is 19.7 Å². The second-order valence-corrected chi connectivity index (χ2v) is 4.28. The molecule has 2 unspecified atom stereocenters. The van der Waals surface area contributed by atoms with Crippen molar-refractivity contribution in [1.82, 2.24) is 5.32 Å². The van der Waals surface area contributed by atoms with E-state index in [0.29, 0.717) is 0 Å². The second-order valence-electron chi connectivity index (χ2n) is 4.28. The lowest BCUT2D eigenvalue weighted by Crippen LogP contribution is -2.37. The van der Waals surface area contributed by atoms with Crippen LogP contribution in [-0.2, 0) is 14.3 Å². The van der Waals surface area contributed by atoms with E-state index in [2.05, 4.69) is 5.32 Å². The first-order chi connectivity index (χ1) is 7.36. The number of piperidine rings is 1. The highest BCUT2D eigenvalue weighted by Crippen LogP contribution is 2.18. The third-order valence-electron chi connectivity index (χ3n) is 3.02. The van der Waals surface area contributed by atoms with Crippen LogP contribution in [0.3, 0.4) is 0 Å². The summed E-state index contributed by atoms with van der Waals surface area (Å²) in [5.41, 5.74) is 0. The number of carbonyl (C=O) groups excluding carboxylic acids is 1. The fourth-order valence-corrected chi connectivity index (χ4v) is 2.08. The van der Waals surface area contributed by atoms with Crippen LogP contribution in [0.2, 0.25) is 0 Å². The van der Waals surface area contributed by atoms with Gasteiger partial charge in [0.05, 0.1) is 12.5 Å². The normalized spacial score (nSPS) is 32.3. The van der Waals surface area contributed by atoms with E-state index in [4.69, 9.17) is 9.47 Å². The molecule has 2 heterocycles. The molecule has 2 fully saturated rings.